The van der Waals surface area contributed by atoms with Gasteiger partial charge in [0.15, 0.2) is 13.1 Å². The summed E-state index contributed by atoms with van der Waals surface area (Å²) >= 11 is 0. The number of benzene rings is 2. The van der Waals surface area contributed by atoms with Crippen LogP contribution in [0.5, 0.6) is 17.2 Å². The van der Waals surface area contributed by atoms with Crippen molar-refractivity contribution >= 4 is 17.5 Å². The molecule has 0 aliphatic carbocycles. The zero-order chi connectivity index (χ0) is 19.1. The quantitative estimate of drug-likeness (QED) is 0.674. The highest BCUT2D eigenvalue weighted by Gasteiger charge is 2.22. The maximum Gasteiger partial charge on any atom is 0.279 e. The van der Waals surface area contributed by atoms with E-state index in [0.29, 0.717) is 36.9 Å². The lowest BCUT2D eigenvalue weighted by Gasteiger charge is -2.22. The van der Waals surface area contributed by atoms with Gasteiger partial charge in [0.25, 0.3) is 11.8 Å². The number of carbonyl (C=O) groups excluding carboxylic acids is 2. The summed E-state index contributed by atoms with van der Waals surface area (Å²) in [7, 11) is 0. The summed E-state index contributed by atoms with van der Waals surface area (Å²) in [6, 6.07) is 14.6. The van der Waals surface area contributed by atoms with Gasteiger partial charge in [-0.25, -0.2) is 0 Å². The second kappa shape index (κ2) is 9.05. The topological polar surface area (TPSA) is 81.1 Å². The van der Waals surface area contributed by atoms with Crippen LogP contribution in [0.25, 0.3) is 0 Å². The molecule has 1 atom stereocenters. The van der Waals surface area contributed by atoms with E-state index in [1.54, 1.807) is 24.3 Å². The van der Waals surface area contributed by atoms with Crippen LogP contribution in [0.2, 0.25) is 0 Å². The van der Waals surface area contributed by atoms with Gasteiger partial charge in [0.1, 0.15) is 17.2 Å². The van der Waals surface area contributed by atoms with Crippen molar-refractivity contribution in [1.29, 1.82) is 0 Å². The molecule has 27 heavy (non-hydrogen) atoms. The molecular formula is C20H24N3O4+. The first-order valence-corrected chi connectivity index (χ1v) is 9.03. The first-order valence-electron chi connectivity index (χ1n) is 9.03. The number of hydrogen-bond donors (Lipinski definition) is 3. The van der Waals surface area contributed by atoms with E-state index in [4.69, 9.17) is 9.47 Å². The number of ether oxygens (including phenoxy) is 2. The number of rotatable bonds is 7. The lowest BCUT2D eigenvalue weighted by Crippen LogP contribution is -3.16. The van der Waals surface area contributed by atoms with Crippen LogP contribution in [-0.4, -0.2) is 44.6 Å². The highest BCUT2D eigenvalue weighted by Crippen LogP contribution is 2.25. The van der Waals surface area contributed by atoms with Crippen LogP contribution in [0.15, 0.2) is 48.5 Å². The average molecular weight is 370 g/mol. The second-order valence-electron chi connectivity index (χ2n) is 6.28. The van der Waals surface area contributed by atoms with Crippen LogP contribution >= 0.6 is 0 Å². The summed E-state index contributed by atoms with van der Waals surface area (Å²) in [6.07, 6.45) is 0. The molecule has 1 heterocycles. The van der Waals surface area contributed by atoms with Gasteiger partial charge in [0, 0.05) is 5.69 Å². The van der Waals surface area contributed by atoms with Gasteiger partial charge in [-0.05, 0) is 55.5 Å². The van der Waals surface area contributed by atoms with Crippen molar-refractivity contribution in [2.45, 2.75) is 6.92 Å². The predicted octanol–water partition coefficient (Wildman–Crippen LogP) is 0.831. The number of carbonyl (C=O) groups is 2. The Hall–Kier alpha value is -3.06. The molecule has 0 bridgehead atoms. The van der Waals surface area contributed by atoms with E-state index in [0.717, 1.165) is 17.2 Å². The minimum atomic E-state index is -0.111. The summed E-state index contributed by atoms with van der Waals surface area (Å²) in [5.74, 6) is 2.06. The standard InChI is InChI=1S/C20H23N3O4/c1-2-26-16-7-9-18(10-8-16)27-17-5-3-15(4-6-17)22-20(25)14-23-12-11-21-19(24)13-23/h3-10H,2,11-14H2,1H3,(H,21,24)(H,22,25)/p+1. The van der Waals surface area contributed by atoms with Crippen LogP contribution in [0.1, 0.15) is 6.92 Å². The molecule has 0 radical (unpaired) electrons. The zero-order valence-electron chi connectivity index (χ0n) is 15.3. The van der Waals surface area contributed by atoms with E-state index in [1.807, 2.05) is 31.2 Å². The Kier molecular flexibility index (Phi) is 6.27. The summed E-state index contributed by atoms with van der Waals surface area (Å²) in [6.45, 7) is 4.54. The number of piperazine rings is 1. The molecule has 0 saturated carbocycles. The molecule has 2 aromatic rings. The molecule has 1 saturated heterocycles. The van der Waals surface area contributed by atoms with Gasteiger partial charge in [-0.1, -0.05) is 0 Å². The van der Waals surface area contributed by atoms with Crippen LogP contribution in [0, 0.1) is 0 Å². The number of nitrogens with one attached hydrogen (secondary N) is 3. The average Bonchev–Trinajstić information content (AvgIpc) is 2.65. The van der Waals surface area contributed by atoms with Crippen molar-refractivity contribution in [3.63, 3.8) is 0 Å². The maximum absolute atomic E-state index is 12.1. The van der Waals surface area contributed by atoms with Gasteiger partial charge in [-0.15, -0.1) is 0 Å². The van der Waals surface area contributed by atoms with Gasteiger partial charge in [0.05, 0.1) is 19.7 Å². The molecule has 142 valence electrons. The molecule has 0 spiro atoms. The lowest BCUT2D eigenvalue weighted by atomic mass is 10.3. The van der Waals surface area contributed by atoms with E-state index in [2.05, 4.69) is 10.6 Å². The van der Waals surface area contributed by atoms with E-state index in [9.17, 15) is 9.59 Å². The van der Waals surface area contributed by atoms with Crippen molar-refractivity contribution in [1.82, 2.24) is 5.32 Å². The molecular weight excluding hydrogens is 346 g/mol. The minimum Gasteiger partial charge on any atom is -0.494 e. The Bertz CT molecular complexity index is 775. The molecule has 1 aliphatic rings. The summed E-state index contributed by atoms with van der Waals surface area (Å²) in [5, 5.41) is 5.61. The number of amides is 2. The third-order valence-corrected chi connectivity index (χ3v) is 4.13. The smallest absolute Gasteiger partial charge is 0.279 e. The molecule has 3 N–H and O–H groups in total. The minimum absolute atomic E-state index is 0.0140. The van der Waals surface area contributed by atoms with E-state index in [-0.39, 0.29) is 18.4 Å². The third-order valence-electron chi connectivity index (χ3n) is 4.13. The molecule has 2 amide bonds. The highest BCUT2D eigenvalue weighted by molar-refractivity contribution is 5.91. The zero-order valence-corrected chi connectivity index (χ0v) is 15.3. The van der Waals surface area contributed by atoms with Gasteiger partial charge in [-0.3, -0.25) is 9.59 Å². The molecule has 1 unspecified atom stereocenters. The second-order valence-corrected chi connectivity index (χ2v) is 6.28. The van der Waals surface area contributed by atoms with E-state index in [1.165, 1.54) is 0 Å². The number of hydrogen-bond acceptors (Lipinski definition) is 4. The monoisotopic (exact) mass is 370 g/mol. The van der Waals surface area contributed by atoms with Crippen molar-refractivity contribution < 1.29 is 24.0 Å². The first kappa shape index (κ1) is 18.7. The Balaban J connectivity index is 1.50. The van der Waals surface area contributed by atoms with Crippen molar-refractivity contribution in [3.05, 3.63) is 48.5 Å². The molecule has 7 nitrogen and oxygen atoms in total. The maximum atomic E-state index is 12.1. The summed E-state index contributed by atoms with van der Waals surface area (Å²) < 4.78 is 11.2. The van der Waals surface area contributed by atoms with Gasteiger partial charge < -0.3 is 25.0 Å². The van der Waals surface area contributed by atoms with E-state index >= 15 is 0 Å². The fourth-order valence-electron chi connectivity index (χ4n) is 2.85. The molecule has 1 fully saturated rings. The molecule has 7 heteroatoms. The lowest BCUT2D eigenvalue weighted by molar-refractivity contribution is -0.885. The van der Waals surface area contributed by atoms with Crippen LogP contribution in [-0.2, 0) is 9.59 Å². The Morgan fingerprint density at radius 2 is 1.70 bits per heavy atom. The van der Waals surface area contributed by atoms with Crippen molar-refractivity contribution in [2.24, 2.45) is 0 Å². The van der Waals surface area contributed by atoms with Crippen molar-refractivity contribution in [3.8, 4) is 17.2 Å². The molecule has 3 rings (SSSR count). The van der Waals surface area contributed by atoms with Crippen molar-refractivity contribution in [2.75, 3.05) is 38.1 Å². The first-order chi connectivity index (χ1) is 13.1. The van der Waals surface area contributed by atoms with Crippen LogP contribution < -0.4 is 25.0 Å². The number of quaternary nitrogens is 1. The summed E-state index contributed by atoms with van der Waals surface area (Å²) in [4.78, 5) is 24.5. The SMILES string of the molecule is CCOc1ccc(Oc2ccc(NC(=O)C[NH+]3CCNC(=O)C3)cc2)cc1. The molecule has 2 aromatic carbocycles. The Morgan fingerprint density at radius 1 is 1.07 bits per heavy atom. The number of anilines is 1. The Morgan fingerprint density at radius 3 is 2.33 bits per heavy atom. The summed E-state index contributed by atoms with van der Waals surface area (Å²) in [5.41, 5.74) is 0.694. The fraction of sp³-hybridized carbons (Fsp3) is 0.300. The normalized spacial score (nSPS) is 16.3. The van der Waals surface area contributed by atoms with Gasteiger partial charge in [-0.2, -0.15) is 0 Å². The highest BCUT2D eigenvalue weighted by atomic mass is 16.5. The largest absolute Gasteiger partial charge is 0.494 e. The molecule has 1 aliphatic heterocycles. The van der Waals surface area contributed by atoms with E-state index < -0.39 is 0 Å². The third kappa shape index (κ3) is 5.72. The fourth-order valence-corrected chi connectivity index (χ4v) is 2.85. The van der Waals surface area contributed by atoms with Crippen LogP contribution in [0.4, 0.5) is 5.69 Å². The predicted molar refractivity (Wildman–Crippen MR) is 101 cm³/mol. The Labute approximate surface area is 158 Å². The van der Waals surface area contributed by atoms with Crippen LogP contribution in [0.3, 0.4) is 0 Å². The van der Waals surface area contributed by atoms with Gasteiger partial charge in [0.2, 0.25) is 0 Å². The molecule has 0 aromatic heterocycles. The van der Waals surface area contributed by atoms with Gasteiger partial charge >= 0.3 is 0 Å².